The molecule has 0 saturated heterocycles. The molecule has 0 saturated carbocycles. The van der Waals surface area contributed by atoms with Gasteiger partial charge in [-0.05, 0) is 56.6 Å². The van der Waals surface area contributed by atoms with Crippen molar-refractivity contribution < 1.29 is 4.74 Å². The van der Waals surface area contributed by atoms with E-state index in [0.29, 0.717) is 15.2 Å². The molecule has 6 aromatic carbocycles. The van der Waals surface area contributed by atoms with Crippen LogP contribution in [0.25, 0.3) is 33.0 Å². The largest absolute Gasteiger partial charge is 0.488 e. The quantitative estimate of drug-likeness (QED) is 0.196. The van der Waals surface area contributed by atoms with Crippen molar-refractivity contribution in [2.45, 2.75) is 13.5 Å². The molecule has 0 aliphatic rings. The van der Waals surface area contributed by atoms with E-state index >= 15 is 0 Å². The lowest BCUT2D eigenvalue weighted by atomic mass is 9.89. The lowest BCUT2D eigenvalue weighted by Gasteiger charge is -2.18. The first kappa shape index (κ1) is 24.2. The first-order valence-corrected chi connectivity index (χ1v) is 14.0. The van der Waals surface area contributed by atoms with Crippen molar-refractivity contribution in [1.29, 1.82) is 0 Å². The normalized spacial score (nSPS) is 11.3. The zero-order valence-corrected chi connectivity index (χ0v) is 22.4. The summed E-state index contributed by atoms with van der Waals surface area (Å²) in [6, 6.07) is 49.7. The molecule has 6 rings (SSSR count). The molecular formula is C36H29OP. The zero-order valence-electron chi connectivity index (χ0n) is 21.4. The maximum Gasteiger partial charge on any atom is 0.128 e. The van der Waals surface area contributed by atoms with E-state index in [2.05, 4.69) is 140 Å². The fourth-order valence-electron chi connectivity index (χ4n) is 4.92. The third kappa shape index (κ3) is 5.25. The third-order valence-electron chi connectivity index (χ3n) is 6.83. The molecule has 0 bridgehead atoms. The van der Waals surface area contributed by atoms with E-state index in [0.717, 1.165) is 16.9 Å². The number of aryl methyl sites for hydroxylation is 1. The van der Waals surface area contributed by atoms with Crippen LogP contribution in [0.4, 0.5) is 0 Å². The van der Waals surface area contributed by atoms with Gasteiger partial charge in [0.25, 0.3) is 0 Å². The Hall–Kier alpha value is -4.19. The Morgan fingerprint density at radius 1 is 0.579 bits per heavy atom. The number of hydrogen-bond acceptors (Lipinski definition) is 1. The van der Waals surface area contributed by atoms with E-state index < -0.39 is 0 Å². The van der Waals surface area contributed by atoms with Gasteiger partial charge in [-0.25, -0.2) is 0 Å². The molecule has 0 spiro atoms. The van der Waals surface area contributed by atoms with Gasteiger partial charge < -0.3 is 4.74 Å². The Balaban J connectivity index is 1.43. The molecule has 0 aromatic heterocycles. The smallest absolute Gasteiger partial charge is 0.128 e. The van der Waals surface area contributed by atoms with E-state index in [1.54, 1.807) is 0 Å². The highest BCUT2D eigenvalue weighted by molar-refractivity contribution is 7.55. The van der Waals surface area contributed by atoms with E-state index in [1.807, 2.05) is 6.07 Å². The van der Waals surface area contributed by atoms with Crippen LogP contribution in [0.2, 0.25) is 0 Å². The van der Waals surface area contributed by atoms with Gasteiger partial charge in [-0.15, -0.1) is 0 Å². The average molecular weight is 509 g/mol. The summed E-state index contributed by atoms with van der Waals surface area (Å²) in [5.41, 5.74) is 7.16. The van der Waals surface area contributed by atoms with Crippen LogP contribution >= 0.6 is 8.58 Å². The van der Waals surface area contributed by atoms with Crippen molar-refractivity contribution in [3.63, 3.8) is 0 Å². The van der Waals surface area contributed by atoms with Crippen molar-refractivity contribution in [3.8, 4) is 28.0 Å². The molecule has 0 radical (unpaired) electrons. The summed E-state index contributed by atoms with van der Waals surface area (Å²) in [6.07, 6.45) is 0. The van der Waals surface area contributed by atoms with E-state index in [-0.39, 0.29) is 0 Å². The molecule has 1 atom stereocenters. The summed E-state index contributed by atoms with van der Waals surface area (Å²) >= 11 is 0. The highest BCUT2D eigenvalue weighted by Gasteiger charge is 2.16. The molecular weight excluding hydrogens is 479 g/mol. The van der Waals surface area contributed by atoms with Crippen molar-refractivity contribution in [2.75, 3.05) is 0 Å². The molecule has 0 aliphatic carbocycles. The summed E-state index contributed by atoms with van der Waals surface area (Å²) in [5, 5.41) is 5.10. The molecule has 184 valence electrons. The van der Waals surface area contributed by atoms with Crippen molar-refractivity contribution >= 4 is 30.0 Å². The predicted molar refractivity (Wildman–Crippen MR) is 164 cm³/mol. The summed E-state index contributed by atoms with van der Waals surface area (Å²) in [7, 11) is 0.650. The second kappa shape index (κ2) is 11.1. The second-order valence-corrected chi connectivity index (χ2v) is 11.0. The number of fused-ring (bicyclic) bond motifs is 1. The maximum atomic E-state index is 6.50. The first-order chi connectivity index (χ1) is 18.7. The monoisotopic (exact) mass is 508 g/mol. The topological polar surface area (TPSA) is 9.23 Å². The Morgan fingerprint density at radius 3 is 2.05 bits per heavy atom. The molecule has 0 N–H and O–H groups in total. The summed E-state index contributed by atoms with van der Waals surface area (Å²) in [4.78, 5) is 0. The van der Waals surface area contributed by atoms with Gasteiger partial charge in [-0.3, -0.25) is 0 Å². The van der Waals surface area contributed by atoms with Crippen molar-refractivity contribution in [1.82, 2.24) is 0 Å². The number of benzene rings is 6. The van der Waals surface area contributed by atoms with Gasteiger partial charge in [0.2, 0.25) is 0 Å². The Morgan fingerprint density at radius 2 is 1.26 bits per heavy atom. The van der Waals surface area contributed by atoms with E-state index in [4.69, 9.17) is 4.74 Å². The van der Waals surface area contributed by atoms with Crippen LogP contribution in [0.5, 0.6) is 5.75 Å². The molecule has 6 aromatic rings. The van der Waals surface area contributed by atoms with Crippen LogP contribution in [0, 0.1) is 6.92 Å². The fraction of sp³-hybridized carbons (Fsp3) is 0.0556. The Kier molecular flexibility index (Phi) is 7.03. The van der Waals surface area contributed by atoms with E-state index in [9.17, 15) is 0 Å². The highest BCUT2D eigenvalue weighted by Crippen LogP contribution is 2.42. The predicted octanol–water partition coefficient (Wildman–Crippen LogP) is 8.69. The highest BCUT2D eigenvalue weighted by atomic mass is 31.1. The van der Waals surface area contributed by atoms with Gasteiger partial charge in [0, 0.05) is 5.56 Å². The molecule has 0 fully saturated rings. The van der Waals surface area contributed by atoms with Gasteiger partial charge in [0.1, 0.15) is 12.4 Å². The average Bonchev–Trinajstić information content (AvgIpc) is 2.97. The van der Waals surface area contributed by atoms with Gasteiger partial charge in [0.15, 0.2) is 0 Å². The summed E-state index contributed by atoms with van der Waals surface area (Å²) in [6.45, 7) is 2.69. The number of hydrogen-bond donors (Lipinski definition) is 0. The molecule has 38 heavy (non-hydrogen) atoms. The molecule has 1 nitrogen and oxygen atoms in total. The zero-order chi connectivity index (χ0) is 25.7. The van der Waals surface area contributed by atoms with Gasteiger partial charge >= 0.3 is 0 Å². The number of ether oxygens (including phenoxy) is 1. The number of rotatable bonds is 7. The van der Waals surface area contributed by atoms with Crippen LogP contribution in [0.1, 0.15) is 11.1 Å². The molecule has 0 amide bonds. The standard InChI is InChI=1S/C36H29OP/c1-26-16-22-32(29-17-20-31(21-18-29)38-30-13-6-3-7-14-30)34(24-26)36-33-15-9-8-12-28(33)19-23-35(36)37-25-27-10-4-2-5-11-27/h2-24,38H,25H2,1H3. The third-order valence-corrected chi connectivity index (χ3v) is 8.07. The van der Waals surface area contributed by atoms with Gasteiger partial charge in [-0.1, -0.05) is 148 Å². The Bertz CT molecular complexity index is 1670. The lowest BCUT2D eigenvalue weighted by molar-refractivity contribution is 0.308. The molecule has 2 heteroatoms. The summed E-state index contributed by atoms with van der Waals surface area (Å²) < 4.78 is 6.50. The molecule has 0 aliphatic heterocycles. The van der Waals surface area contributed by atoms with E-state index in [1.165, 1.54) is 43.6 Å². The molecule has 0 heterocycles. The van der Waals surface area contributed by atoms with Crippen LogP contribution in [0.15, 0.2) is 140 Å². The maximum absolute atomic E-state index is 6.50. The second-order valence-electron chi connectivity index (χ2n) is 9.55. The molecule has 1 unspecified atom stereocenters. The van der Waals surface area contributed by atoms with Crippen LogP contribution in [-0.2, 0) is 6.61 Å². The van der Waals surface area contributed by atoms with Crippen molar-refractivity contribution in [2.24, 2.45) is 0 Å². The summed E-state index contributed by atoms with van der Waals surface area (Å²) in [5.74, 6) is 0.904. The minimum Gasteiger partial charge on any atom is -0.488 e. The van der Waals surface area contributed by atoms with Crippen molar-refractivity contribution in [3.05, 3.63) is 151 Å². The van der Waals surface area contributed by atoms with Crippen LogP contribution in [0.3, 0.4) is 0 Å². The first-order valence-electron chi connectivity index (χ1n) is 13.0. The van der Waals surface area contributed by atoms with Gasteiger partial charge in [0.05, 0.1) is 0 Å². The lowest BCUT2D eigenvalue weighted by Crippen LogP contribution is -2.02. The Labute approximate surface area is 226 Å². The minimum absolute atomic E-state index is 0.530. The minimum atomic E-state index is 0.530. The SMILES string of the molecule is Cc1ccc(-c2ccc(Pc3ccccc3)cc2)c(-c2c(OCc3ccccc3)ccc3ccccc23)c1. The fourth-order valence-corrected chi connectivity index (χ4v) is 5.95. The van der Waals surface area contributed by atoms with Crippen LogP contribution in [-0.4, -0.2) is 0 Å². The van der Waals surface area contributed by atoms with Crippen LogP contribution < -0.4 is 15.3 Å². The van der Waals surface area contributed by atoms with Gasteiger partial charge in [-0.2, -0.15) is 0 Å².